The predicted octanol–water partition coefficient (Wildman–Crippen LogP) is -0.262. The summed E-state index contributed by atoms with van der Waals surface area (Å²) >= 11 is 0. The third kappa shape index (κ3) is 15.2. The van der Waals surface area contributed by atoms with Crippen LogP contribution in [-0.2, 0) is 75.8 Å². The summed E-state index contributed by atoms with van der Waals surface area (Å²) in [6.45, 7) is 7.86. The van der Waals surface area contributed by atoms with Gasteiger partial charge < -0.3 is 75.8 Å². The van der Waals surface area contributed by atoms with Crippen LogP contribution in [0.3, 0.4) is 0 Å². The van der Waals surface area contributed by atoms with E-state index in [1.54, 1.807) is 56.9 Å². The van der Waals surface area contributed by atoms with Crippen molar-refractivity contribution in [2.45, 2.75) is 150 Å². The van der Waals surface area contributed by atoms with Crippen LogP contribution in [0.2, 0.25) is 0 Å². The standard InChI is InChI=1S/C56H104N8O16/c1-65-17-25-73-33-9-10-34(74-26-18-66-2)42-41(33)49-57-50(42)62-52-45-37(77-29-21-69-5)13-14-38(78-30-22-70-6)46(45)54(59-52)64-56-48-40(80-32-24-72-8)16-15-39(79-31-23-71-7)47(48)55(60-56)63-53-44-36(76-28-20-68-4)12-11-35(75-27-19-67-3)43(44)51(58-53)61-49/h33-64H,9-32H2,1-8H3. The van der Waals surface area contributed by atoms with Gasteiger partial charge in [0, 0.05) is 104 Å². The van der Waals surface area contributed by atoms with Gasteiger partial charge in [0.05, 0.1) is 204 Å². The van der Waals surface area contributed by atoms with E-state index in [-0.39, 0.29) is 146 Å². The van der Waals surface area contributed by atoms with Crippen LogP contribution in [-0.4, -0.2) is 261 Å². The molecule has 9 aliphatic rings. The maximum atomic E-state index is 6.93. The second-order valence-electron chi connectivity index (χ2n) is 23.3. The molecule has 0 aromatic carbocycles. The topological polar surface area (TPSA) is 244 Å². The van der Waals surface area contributed by atoms with E-state index >= 15 is 0 Å². The zero-order valence-corrected chi connectivity index (χ0v) is 49.4. The van der Waals surface area contributed by atoms with Gasteiger partial charge in [-0.15, -0.1) is 0 Å². The molecule has 9 fully saturated rings. The van der Waals surface area contributed by atoms with E-state index < -0.39 is 0 Å². The summed E-state index contributed by atoms with van der Waals surface area (Å²) in [5, 5.41) is 34.2. The zero-order valence-electron chi connectivity index (χ0n) is 49.4. The van der Waals surface area contributed by atoms with E-state index in [1.165, 1.54) is 0 Å². The highest BCUT2D eigenvalue weighted by atomic mass is 16.6. The zero-order chi connectivity index (χ0) is 55.8. The van der Waals surface area contributed by atoms with Crippen LogP contribution in [0, 0.1) is 47.3 Å². The smallest absolute Gasteiger partial charge is 0.0704 e. The fourth-order valence-electron chi connectivity index (χ4n) is 15.9. The maximum Gasteiger partial charge on any atom is 0.0704 e. The van der Waals surface area contributed by atoms with Crippen molar-refractivity contribution < 1.29 is 75.8 Å². The number of fused-ring (bicyclic) bond motifs is 20. The van der Waals surface area contributed by atoms with Gasteiger partial charge in [0.1, 0.15) is 0 Å². The number of nitrogens with one attached hydrogen (secondary N) is 8. The van der Waals surface area contributed by atoms with Gasteiger partial charge in [-0.05, 0) is 51.4 Å². The Labute approximate surface area is 476 Å². The molecule has 16 atom stereocenters. The molecule has 5 heterocycles. The van der Waals surface area contributed by atoms with Crippen molar-refractivity contribution in [2.75, 3.05) is 163 Å². The van der Waals surface area contributed by atoms with Crippen molar-refractivity contribution in [1.29, 1.82) is 0 Å². The first-order valence-corrected chi connectivity index (χ1v) is 30.3. The molecule has 464 valence electrons. The van der Waals surface area contributed by atoms with Gasteiger partial charge in [0.15, 0.2) is 0 Å². The lowest BCUT2D eigenvalue weighted by Crippen LogP contribution is -2.62. The van der Waals surface area contributed by atoms with E-state index in [2.05, 4.69) is 42.5 Å². The van der Waals surface area contributed by atoms with Gasteiger partial charge >= 0.3 is 0 Å². The first kappa shape index (κ1) is 63.5. The normalized spacial score (nSPS) is 42.3. The molecule has 0 spiro atoms. The van der Waals surface area contributed by atoms with Crippen LogP contribution in [0.25, 0.3) is 0 Å². The lowest BCUT2D eigenvalue weighted by molar-refractivity contribution is -0.123. The minimum atomic E-state index is -0.227. The number of ether oxygens (including phenoxy) is 16. The molecule has 16 unspecified atom stereocenters. The van der Waals surface area contributed by atoms with Gasteiger partial charge in [-0.25, -0.2) is 0 Å². The van der Waals surface area contributed by atoms with E-state index in [0.717, 1.165) is 51.4 Å². The van der Waals surface area contributed by atoms with E-state index in [0.29, 0.717) is 106 Å². The molecule has 9 rings (SSSR count). The predicted molar refractivity (Wildman–Crippen MR) is 293 cm³/mol. The molecule has 4 aliphatic carbocycles. The van der Waals surface area contributed by atoms with Crippen molar-refractivity contribution in [1.82, 2.24) is 42.5 Å². The molecule has 8 N–H and O–H groups in total. The average Bonchev–Trinajstić information content (AvgIpc) is 4.30. The molecule has 0 aromatic heterocycles. The molecule has 24 nitrogen and oxygen atoms in total. The highest BCUT2D eigenvalue weighted by molar-refractivity contribution is 5.15. The maximum absolute atomic E-state index is 6.93. The number of hydrogen-bond donors (Lipinski definition) is 8. The van der Waals surface area contributed by atoms with Crippen LogP contribution >= 0.6 is 0 Å². The van der Waals surface area contributed by atoms with Crippen LogP contribution < -0.4 is 42.5 Å². The summed E-state index contributed by atoms with van der Waals surface area (Å²) in [7, 11) is 13.8. The molecule has 8 bridgehead atoms. The van der Waals surface area contributed by atoms with Crippen LogP contribution in [0.1, 0.15) is 51.4 Å². The monoisotopic (exact) mass is 1140 g/mol. The summed E-state index contributed by atoms with van der Waals surface area (Å²) in [5.41, 5.74) is 0. The Kier molecular flexibility index (Phi) is 26.0. The van der Waals surface area contributed by atoms with Crippen LogP contribution in [0.15, 0.2) is 0 Å². The Bertz CT molecular complexity index is 1400. The highest BCUT2D eigenvalue weighted by Gasteiger charge is 2.63. The Morgan fingerprint density at radius 3 is 0.400 bits per heavy atom. The third-order valence-electron chi connectivity index (χ3n) is 19.1. The first-order chi connectivity index (χ1) is 39.4. The number of methoxy groups -OCH3 is 8. The average molecular weight is 1150 g/mol. The fourth-order valence-corrected chi connectivity index (χ4v) is 15.9. The van der Waals surface area contributed by atoms with Crippen molar-refractivity contribution in [2.24, 2.45) is 47.3 Å². The molecule has 80 heavy (non-hydrogen) atoms. The summed E-state index contributed by atoms with van der Waals surface area (Å²) in [5.74, 6) is -0.142. The minimum absolute atomic E-state index is 0.0177. The summed E-state index contributed by atoms with van der Waals surface area (Å²) in [6, 6.07) is 0. The van der Waals surface area contributed by atoms with E-state index in [1.807, 2.05) is 0 Å². The molecular weight excluding hydrogens is 1040 g/mol. The second kappa shape index (κ2) is 32.7. The van der Waals surface area contributed by atoms with Gasteiger partial charge in [0.25, 0.3) is 0 Å². The van der Waals surface area contributed by atoms with E-state index in [4.69, 9.17) is 75.8 Å². The van der Waals surface area contributed by atoms with Crippen molar-refractivity contribution in [3.8, 4) is 0 Å². The quantitative estimate of drug-likeness (QED) is 0.0405. The van der Waals surface area contributed by atoms with Crippen molar-refractivity contribution >= 4 is 0 Å². The Hall–Kier alpha value is -0.960. The molecule has 5 saturated heterocycles. The Balaban J connectivity index is 1.17. The number of hydrogen-bond acceptors (Lipinski definition) is 24. The molecule has 5 aliphatic heterocycles. The van der Waals surface area contributed by atoms with Gasteiger partial charge in [-0.2, -0.15) is 0 Å². The minimum Gasteiger partial charge on any atom is -0.382 e. The lowest BCUT2D eigenvalue weighted by Gasteiger charge is -2.45. The lowest BCUT2D eigenvalue weighted by atomic mass is 9.72. The van der Waals surface area contributed by atoms with Gasteiger partial charge in [-0.3, -0.25) is 42.5 Å². The van der Waals surface area contributed by atoms with Crippen molar-refractivity contribution in [3.63, 3.8) is 0 Å². The Morgan fingerprint density at radius 2 is 0.300 bits per heavy atom. The summed E-state index contributed by atoms with van der Waals surface area (Å²) in [6.07, 6.45) is 4.06. The molecule has 0 aromatic rings. The van der Waals surface area contributed by atoms with Gasteiger partial charge in [0.2, 0.25) is 0 Å². The molecule has 24 heteroatoms. The van der Waals surface area contributed by atoms with Crippen molar-refractivity contribution in [3.05, 3.63) is 0 Å². The first-order valence-electron chi connectivity index (χ1n) is 30.3. The van der Waals surface area contributed by atoms with Gasteiger partial charge in [-0.1, -0.05) is 0 Å². The van der Waals surface area contributed by atoms with Crippen LogP contribution in [0.4, 0.5) is 0 Å². The SMILES string of the molecule is COCCOC1CCC(OCCOC)C2C3NC(NC4NC(NC5NC(NC6NC(N3)C3C(OCCOC)CCC(OCCOC)C63)C3C(OCCOC)CCC(OCCOC)C53)C3C(OCCOC)CCC(OCCOC)C43)C12. The summed E-state index contributed by atoms with van der Waals surface area (Å²) < 4.78 is 100. The van der Waals surface area contributed by atoms with Crippen LogP contribution in [0.5, 0.6) is 0 Å². The second-order valence-corrected chi connectivity index (χ2v) is 23.3. The third-order valence-corrected chi connectivity index (χ3v) is 19.1. The van der Waals surface area contributed by atoms with E-state index in [9.17, 15) is 0 Å². The summed E-state index contributed by atoms with van der Waals surface area (Å²) in [4.78, 5) is 0. The molecule has 0 amide bonds. The number of rotatable bonds is 32. The fraction of sp³-hybridized carbons (Fsp3) is 1.00. The highest BCUT2D eigenvalue weighted by Crippen LogP contribution is 2.49. The molecular formula is C56H104N8O16. The molecule has 4 saturated carbocycles. The Morgan fingerprint density at radius 1 is 0.188 bits per heavy atom. The molecule has 0 radical (unpaired) electrons. The largest absolute Gasteiger partial charge is 0.382 e.